The molecule has 0 aliphatic carbocycles. The van der Waals surface area contributed by atoms with E-state index in [9.17, 15) is 0 Å². The summed E-state index contributed by atoms with van der Waals surface area (Å²) in [4.78, 5) is 4.54. The third kappa shape index (κ3) is 4.63. The Kier molecular flexibility index (Phi) is 6.10. The van der Waals surface area contributed by atoms with E-state index in [1.165, 1.54) is 0 Å². The molecule has 0 aliphatic rings. The van der Waals surface area contributed by atoms with Gasteiger partial charge in [-0.25, -0.2) is 4.98 Å². The lowest BCUT2D eigenvalue weighted by atomic mass is 10.3. The Bertz CT molecular complexity index is 557. The van der Waals surface area contributed by atoms with Crippen molar-refractivity contribution in [2.75, 3.05) is 18.4 Å². The molecule has 0 atom stereocenters. The van der Waals surface area contributed by atoms with Crippen molar-refractivity contribution in [1.29, 1.82) is 0 Å². The fraction of sp³-hybridized carbons (Fsp3) is 0.357. The van der Waals surface area contributed by atoms with Gasteiger partial charge in [0.2, 0.25) is 0 Å². The van der Waals surface area contributed by atoms with Gasteiger partial charge in [0, 0.05) is 23.4 Å². The van der Waals surface area contributed by atoms with E-state index in [2.05, 4.69) is 27.9 Å². The van der Waals surface area contributed by atoms with Crippen molar-refractivity contribution in [2.45, 2.75) is 19.8 Å². The molecule has 0 radical (unpaired) electrons. The predicted molar refractivity (Wildman–Crippen MR) is 88.7 cm³/mol. The maximum atomic E-state index is 6.12. The van der Waals surface area contributed by atoms with E-state index in [-0.39, 0.29) is 0 Å². The van der Waals surface area contributed by atoms with Crippen LogP contribution in [0.25, 0.3) is 0 Å². The van der Waals surface area contributed by atoms with Crippen molar-refractivity contribution in [1.82, 2.24) is 10.3 Å². The molecule has 0 aliphatic heterocycles. The monoisotopic (exact) mass is 329 g/mol. The van der Waals surface area contributed by atoms with Crippen LogP contribution in [0.4, 0.5) is 10.8 Å². The van der Waals surface area contributed by atoms with Crippen molar-refractivity contribution >= 4 is 45.4 Å². The molecule has 0 saturated heterocycles. The molecule has 1 aromatic carbocycles. The van der Waals surface area contributed by atoms with Crippen LogP contribution in [-0.4, -0.2) is 18.1 Å². The molecule has 6 heteroatoms. The molecule has 1 heterocycles. The number of hydrogen-bond acceptors (Lipinski definition) is 4. The number of halogens is 2. The summed E-state index contributed by atoms with van der Waals surface area (Å²) in [5.74, 6) is 0. The third-order valence-electron chi connectivity index (χ3n) is 2.71. The van der Waals surface area contributed by atoms with Crippen molar-refractivity contribution in [3.63, 3.8) is 0 Å². The van der Waals surface area contributed by atoms with Gasteiger partial charge in [-0.3, -0.25) is 0 Å². The molecule has 3 nitrogen and oxygen atoms in total. The molecular weight excluding hydrogens is 313 g/mol. The lowest BCUT2D eigenvalue weighted by molar-refractivity contribution is 0.667. The highest BCUT2D eigenvalue weighted by Crippen LogP contribution is 2.29. The summed E-state index contributed by atoms with van der Waals surface area (Å²) in [7, 11) is 0. The zero-order valence-corrected chi connectivity index (χ0v) is 13.6. The van der Waals surface area contributed by atoms with Gasteiger partial charge in [0.1, 0.15) is 0 Å². The van der Waals surface area contributed by atoms with Crippen LogP contribution in [0.3, 0.4) is 0 Å². The van der Waals surface area contributed by atoms with Gasteiger partial charge in [-0.05, 0) is 31.2 Å². The average molecular weight is 330 g/mol. The van der Waals surface area contributed by atoms with E-state index in [0.29, 0.717) is 10.0 Å². The van der Waals surface area contributed by atoms with Crippen molar-refractivity contribution in [3.8, 4) is 0 Å². The minimum absolute atomic E-state index is 0.635. The van der Waals surface area contributed by atoms with Gasteiger partial charge in [0.15, 0.2) is 5.13 Å². The zero-order chi connectivity index (χ0) is 14.4. The normalized spacial score (nSPS) is 10.8. The van der Waals surface area contributed by atoms with E-state index in [4.69, 9.17) is 23.2 Å². The average Bonchev–Trinajstić information content (AvgIpc) is 2.87. The molecule has 0 spiro atoms. The number of anilines is 2. The highest BCUT2D eigenvalue weighted by atomic mass is 35.5. The number of aromatic nitrogens is 1. The molecule has 0 saturated carbocycles. The molecule has 2 aromatic rings. The van der Waals surface area contributed by atoms with Crippen LogP contribution in [0.5, 0.6) is 0 Å². The number of nitrogens with zero attached hydrogens (tertiary/aromatic N) is 1. The van der Waals surface area contributed by atoms with Crippen LogP contribution in [0.15, 0.2) is 23.6 Å². The van der Waals surface area contributed by atoms with Gasteiger partial charge in [-0.2, -0.15) is 0 Å². The Morgan fingerprint density at radius 2 is 2.10 bits per heavy atom. The van der Waals surface area contributed by atoms with E-state index in [1.807, 2.05) is 0 Å². The van der Waals surface area contributed by atoms with E-state index >= 15 is 0 Å². The number of thiazole rings is 1. The Balaban J connectivity index is 1.93. The number of rotatable bonds is 7. The van der Waals surface area contributed by atoms with Gasteiger partial charge in [-0.15, -0.1) is 11.3 Å². The van der Waals surface area contributed by atoms with Crippen molar-refractivity contribution < 1.29 is 0 Å². The first-order valence-corrected chi connectivity index (χ1v) is 8.20. The molecule has 108 valence electrons. The van der Waals surface area contributed by atoms with E-state index in [0.717, 1.165) is 42.4 Å². The van der Waals surface area contributed by atoms with Gasteiger partial charge in [0.25, 0.3) is 0 Å². The minimum Gasteiger partial charge on any atom is -0.330 e. The Morgan fingerprint density at radius 1 is 1.25 bits per heavy atom. The van der Waals surface area contributed by atoms with Gasteiger partial charge >= 0.3 is 0 Å². The zero-order valence-electron chi connectivity index (χ0n) is 11.2. The van der Waals surface area contributed by atoms with Crippen LogP contribution in [0.1, 0.15) is 19.0 Å². The summed E-state index contributed by atoms with van der Waals surface area (Å²) in [5.41, 5.74) is 1.86. The van der Waals surface area contributed by atoms with E-state index in [1.54, 1.807) is 29.5 Å². The fourth-order valence-corrected chi connectivity index (χ4v) is 2.80. The summed E-state index contributed by atoms with van der Waals surface area (Å²) in [5, 5.41) is 10.8. The first kappa shape index (κ1) is 15.6. The standard InChI is InChI=1S/C14H17Cl2N3S/c1-2-6-17-7-5-11-9-20-14(18-11)19-13-8-10(15)3-4-12(13)16/h3-4,8-9,17H,2,5-7H2,1H3,(H,18,19). The fourth-order valence-electron chi connectivity index (χ4n) is 1.71. The first-order valence-electron chi connectivity index (χ1n) is 6.56. The quantitative estimate of drug-likeness (QED) is 0.720. The topological polar surface area (TPSA) is 37.0 Å². The van der Waals surface area contributed by atoms with Gasteiger partial charge in [-0.1, -0.05) is 30.1 Å². The Hall–Kier alpha value is -0.810. The molecule has 0 unspecified atom stereocenters. The second kappa shape index (κ2) is 7.84. The summed E-state index contributed by atoms with van der Waals surface area (Å²) in [6, 6.07) is 5.34. The van der Waals surface area contributed by atoms with Gasteiger partial charge < -0.3 is 10.6 Å². The van der Waals surface area contributed by atoms with Crippen LogP contribution >= 0.6 is 34.5 Å². The first-order chi connectivity index (χ1) is 9.69. The van der Waals surface area contributed by atoms with Crippen LogP contribution in [0, 0.1) is 0 Å². The second-order valence-corrected chi connectivity index (χ2v) is 6.09. The highest BCUT2D eigenvalue weighted by Gasteiger charge is 2.06. The van der Waals surface area contributed by atoms with Gasteiger partial charge in [0.05, 0.1) is 16.4 Å². The lowest BCUT2D eigenvalue weighted by Crippen LogP contribution is -2.17. The Labute approximate surface area is 133 Å². The molecule has 2 rings (SSSR count). The van der Waals surface area contributed by atoms with Crippen LogP contribution in [-0.2, 0) is 6.42 Å². The minimum atomic E-state index is 0.635. The summed E-state index contributed by atoms with van der Waals surface area (Å²) < 4.78 is 0. The Morgan fingerprint density at radius 3 is 2.90 bits per heavy atom. The molecule has 20 heavy (non-hydrogen) atoms. The molecule has 0 fully saturated rings. The van der Waals surface area contributed by atoms with Crippen LogP contribution in [0.2, 0.25) is 10.0 Å². The highest BCUT2D eigenvalue weighted by molar-refractivity contribution is 7.13. The lowest BCUT2D eigenvalue weighted by Gasteiger charge is -2.05. The molecule has 0 bridgehead atoms. The maximum absolute atomic E-state index is 6.12. The summed E-state index contributed by atoms with van der Waals surface area (Å²) in [6.45, 7) is 4.16. The number of nitrogens with one attached hydrogen (secondary N) is 2. The number of hydrogen-bond donors (Lipinski definition) is 2. The summed E-state index contributed by atoms with van der Waals surface area (Å²) >= 11 is 13.7. The second-order valence-electron chi connectivity index (χ2n) is 4.39. The van der Waals surface area contributed by atoms with Crippen molar-refractivity contribution in [2.24, 2.45) is 0 Å². The largest absolute Gasteiger partial charge is 0.330 e. The third-order valence-corrected chi connectivity index (χ3v) is 4.08. The molecule has 2 N–H and O–H groups in total. The van der Waals surface area contributed by atoms with E-state index < -0.39 is 0 Å². The molecular formula is C14H17Cl2N3S. The molecule has 0 amide bonds. The number of benzene rings is 1. The summed E-state index contributed by atoms with van der Waals surface area (Å²) in [6.07, 6.45) is 2.08. The van der Waals surface area contributed by atoms with Crippen molar-refractivity contribution in [3.05, 3.63) is 39.3 Å². The predicted octanol–water partition coefficient (Wildman–Crippen LogP) is 4.74. The SMILES string of the molecule is CCCNCCc1csc(Nc2cc(Cl)ccc2Cl)n1. The molecule has 1 aromatic heterocycles. The smallest absolute Gasteiger partial charge is 0.187 e. The van der Waals surface area contributed by atoms with Crippen LogP contribution < -0.4 is 10.6 Å². The maximum Gasteiger partial charge on any atom is 0.187 e.